The van der Waals surface area contributed by atoms with Crippen LogP contribution in [0.5, 0.6) is 0 Å². The molecule has 0 spiro atoms. The minimum absolute atomic E-state index is 0.494. The Morgan fingerprint density at radius 3 is 2.82 bits per heavy atom. The number of nitrogens with zero attached hydrogens (tertiary/aromatic N) is 3. The van der Waals surface area contributed by atoms with Gasteiger partial charge in [0.15, 0.2) is 5.15 Å². The van der Waals surface area contributed by atoms with Crippen LogP contribution in [0.2, 0.25) is 5.15 Å². The Morgan fingerprint density at radius 1 is 1.18 bits per heavy atom. The molecule has 4 heteroatoms. The van der Waals surface area contributed by atoms with Gasteiger partial charge in [-0.25, -0.2) is 0 Å². The van der Waals surface area contributed by atoms with E-state index in [2.05, 4.69) is 15.1 Å². The molecule has 2 fully saturated rings. The standard InChI is InChI=1S/C13H18ClN3/c14-13-7-12(8-15-16-13)17-6-5-10-3-1-2-4-11(10)9-17/h7-8,10-11H,1-6,9H2. The molecule has 1 saturated heterocycles. The summed E-state index contributed by atoms with van der Waals surface area (Å²) in [6, 6.07) is 1.93. The molecule has 1 aliphatic heterocycles. The number of fused-ring (bicyclic) bond motifs is 1. The molecule has 0 aromatic carbocycles. The minimum atomic E-state index is 0.494. The van der Waals surface area contributed by atoms with Crippen LogP contribution in [0.4, 0.5) is 5.69 Å². The van der Waals surface area contributed by atoms with E-state index in [9.17, 15) is 0 Å². The highest BCUT2D eigenvalue weighted by Gasteiger charge is 2.31. The lowest BCUT2D eigenvalue weighted by Crippen LogP contribution is -2.41. The number of rotatable bonds is 1. The molecule has 3 rings (SSSR count). The molecule has 1 saturated carbocycles. The average molecular weight is 252 g/mol. The molecule has 1 aromatic rings. The quantitative estimate of drug-likeness (QED) is 0.768. The van der Waals surface area contributed by atoms with Crippen molar-refractivity contribution in [2.75, 3.05) is 18.0 Å². The molecule has 2 heterocycles. The molecule has 0 amide bonds. The second-order valence-electron chi connectivity index (χ2n) is 5.28. The molecule has 0 radical (unpaired) electrons. The van der Waals surface area contributed by atoms with Gasteiger partial charge in [-0.15, -0.1) is 5.10 Å². The summed E-state index contributed by atoms with van der Waals surface area (Å²) in [6.45, 7) is 2.32. The Bertz CT molecular complexity index is 396. The van der Waals surface area contributed by atoms with E-state index in [1.54, 1.807) is 0 Å². The lowest BCUT2D eigenvalue weighted by molar-refractivity contribution is 0.202. The summed E-state index contributed by atoms with van der Waals surface area (Å²) in [7, 11) is 0. The first-order valence-electron chi connectivity index (χ1n) is 6.56. The Hall–Kier alpha value is -0.830. The number of aromatic nitrogens is 2. The van der Waals surface area contributed by atoms with Crippen molar-refractivity contribution in [1.82, 2.24) is 10.2 Å². The first-order chi connectivity index (χ1) is 8.33. The largest absolute Gasteiger partial charge is 0.370 e. The van der Waals surface area contributed by atoms with E-state index in [0.717, 1.165) is 24.1 Å². The maximum absolute atomic E-state index is 5.90. The van der Waals surface area contributed by atoms with Gasteiger partial charge in [0.1, 0.15) is 0 Å². The zero-order valence-electron chi connectivity index (χ0n) is 9.98. The van der Waals surface area contributed by atoms with Gasteiger partial charge in [-0.2, -0.15) is 5.10 Å². The van der Waals surface area contributed by atoms with E-state index in [-0.39, 0.29) is 0 Å². The maximum Gasteiger partial charge on any atom is 0.153 e. The van der Waals surface area contributed by atoms with Crippen molar-refractivity contribution in [2.45, 2.75) is 32.1 Å². The number of piperidine rings is 1. The number of hydrogen-bond donors (Lipinski definition) is 0. The van der Waals surface area contributed by atoms with Gasteiger partial charge in [-0.3, -0.25) is 0 Å². The normalized spacial score (nSPS) is 28.9. The summed E-state index contributed by atoms with van der Waals surface area (Å²) >= 11 is 5.90. The predicted octanol–water partition coefficient (Wildman–Crippen LogP) is 3.15. The molecule has 0 N–H and O–H groups in total. The van der Waals surface area contributed by atoms with E-state index in [1.807, 2.05) is 12.3 Å². The summed E-state index contributed by atoms with van der Waals surface area (Å²) in [5, 5.41) is 8.24. The molecular formula is C13H18ClN3. The van der Waals surface area contributed by atoms with Crippen LogP contribution in [0, 0.1) is 11.8 Å². The zero-order chi connectivity index (χ0) is 11.7. The minimum Gasteiger partial charge on any atom is -0.370 e. The van der Waals surface area contributed by atoms with Crippen LogP contribution < -0.4 is 4.90 Å². The predicted molar refractivity (Wildman–Crippen MR) is 69.3 cm³/mol. The summed E-state index contributed by atoms with van der Waals surface area (Å²) in [6.07, 6.45) is 8.83. The van der Waals surface area contributed by atoms with Gasteiger partial charge in [0, 0.05) is 19.2 Å². The summed E-state index contributed by atoms with van der Waals surface area (Å²) in [5.41, 5.74) is 1.13. The molecule has 2 unspecified atom stereocenters. The second kappa shape index (κ2) is 4.81. The fourth-order valence-electron chi connectivity index (χ4n) is 3.34. The van der Waals surface area contributed by atoms with E-state index in [1.165, 1.54) is 38.6 Å². The molecule has 92 valence electrons. The Balaban J connectivity index is 1.73. The Labute approximate surface area is 107 Å². The molecule has 1 aliphatic carbocycles. The smallest absolute Gasteiger partial charge is 0.153 e. The van der Waals surface area contributed by atoms with E-state index in [0.29, 0.717) is 5.15 Å². The third-order valence-electron chi connectivity index (χ3n) is 4.27. The molecule has 1 aromatic heterocycles. The van der Waals surface area contributed by atoms with Crippen molar-refractivity contribution in [3.63, 3.8) is 0 Å². The first-order valence-corrected chi connectivity index (χ1v) is 6.94. The van der Waals surface area contributed by atoms with Gasteiger partial charge in [0.05, 0.1) is 11.9 Å². The number of anilines is 1. The molecule has 3 nitrogen and oxygen atoms in total. The molecule has 2 aliphatic rings. The summed E-state index contributed by atoms with van der Waals surface area (Å²) < 4.78 is 0. The summed E-state index contributed by atoms with van der Waals surface area (Å²) in [5.74, 6) is 1.84. The van der Waals surface area contributed by atoms with Crippen LogP contribution in [0.15, 0.2) is 12.3 Å². The fourth-order valence-corrected chi connectivity index (χ4v) is 3.50. The highest BCUT2D eigenvalue weighted by atomic mass is 35.5. The number of halogens is 1. The van der Waals surface area contributed by atoms with Crippen LogP contribution in [0.1, 0.15) is 32.1 Å². The topological polar surface area (TPSA) is 29.0 Å². The SMILES string of the molecule is Clc1cc(N2CCC3CCCCC3C2)cnn1. The van der Waals surface area contributed by atoms with Crippen LogP contribution in [0.25, 0.3) is 0 Å². The van der Waals surface area contributed by atoms with Crippen LogP contribution >= 0.6 is 11.6 Å². The zero-order valence-corrected chi connectivity index (χ0v) is 10.7. The van der Waals surface area contributed by atoms with E-state index < -0.39 is 0 Å². The van der Waals surface area contributed by atoms with Crippen molar-refractivity contribution < 1.29 is 0 Å². The summed E-state index contributed by atoms with van der Waals surface area (Å²) in [4.78, 5) is 2.42. The first kappa shape index (κ1) is 11.3. The van der Waals surface area contributed by atoms with Gasteiger partial charge in [-0.05, 0) is 24.7 Å². The van der Waals surface area contributed by atoms with Gasteiger partial charge < -0.3 is 4.90 Å². The van der Waals surface area contributed by atoms with Crippen molar-refractivity contribution in [3.05, 3.63) is 17.4 Å². The lowest BCUT2D eigenvalue weighted by atomic mass is 9.75. The van der Waals surface area contributed by atoms with Crippen molar-refractivity contribution in [2.24, 2.45) is 11.8 Å². The Morgan fingerprint density at radius 2 is 2.00 bits per heavy atom. The van der Waals surface area contributed by atoms with Gasteiger partial charge in [0.25, 0.3) is 0 Å². The van der Waals surface area contributed by atoms with Gasteiger partial charge >= 0.3 is 0 Å². The monoisotopic (exact) mass is 251 g/mol. The Kier molecular flexibility index (Phi) is 3.19. The molecular weight excluding hydrogens is 234 g/mol. The maximum atomic E-state index is 5.90. The molecule has 2 atom stereocenters. The van der Waals surface area contributed by atoms with Gasteiger partial charge in [-0.1, -0.05) is 30.9 Å². The second-order valence-corrected chi connectivity index (χ2v) is 5.66. The number of hydrogen-bond acceptors (Lipinski definition) is 3. The fraction of sp³-hybridized carbons (Fsp3) is 0.692. The third-order valence-corrected chi connectivity index (χ3v) is 4.45. The van der Waals surface area contributed by atoms with Crippen molar-refractivity contribution in [1.29, 1.82) is 0 Å². The van der Waals surface area contributed by atoms with Gasteiger partial charge in [0.2, 0.25) is 0 Å². The van der Waals surface area contributed by atoms with E-state index >= 15 is 0 Å². The van der Waals surface area contributed by atoms with Crippen molar-refractivity contribution in [3.8, 4) is 0 Å². The average Bonchev–Trinajstić information content (AvgIpc) is 2.38. The molecule has 17 heavy (non-hydrogen) atoms. The lowest BCUT2D eigenvalue weighted by Gasteiger charge is -2.42. The highest BCUT2D eigenvalue weighted by molar-refractivity contribution is 6.29. The third kappa shape index (κ3) is 2.39. The van der Waals surface area contributed by atoms with Crippen LogP contribution in [-0.2, 0) is 0 Å². The molecule has 0 bridgehead atoms. The van der Waals surface area contributed by atoms with Crippen LogP contribution in [-0.4, -0.2) is 23.3 Å². The van der Waals surface area contributed by atoms with Crippen molar-refractivity contribution >= 4 is 17.3 Å². The van der Waals surface area contributed by atoms with Crippen LogP contribution in [0.3, 0.4) is 0 Å². The van der Waals surface area contributed by atoms with E-state index in [4.69, 9.17) is 11.6 Å². The highest BCUT2D eigenvalue weighted by Crippen LogP contribution is 2.37.